The molecule has 1 heterocycles. The lowest BCUT2D eigenvalue weighted by Gasteiger charge is -2.11. The Morgan fingerprint density at radius 1 is 1.37 bits per heavy atom. The van der Waals surface area contributed by atoms with Crippen molar-refractivity contribution in [2.45, 2.75) is 24.5 Å². The summed E-state index contributed by atoms with van der Waals surface area (Å²) in [7, 11) is -3.66. The number of aliphatic hydroxyl groups excluding tert-OH is 1. The molecule has 2 rings (SSSR count). The van der Waals surface area contributed by atoms with Crippen molar-refractivity contribution in [2.75, 3.05) is 0 Å². The highest BCUT2D eigenvalue weighted by Gasteiger charge is 2.20. The highest BCUT2D eigenvalue weighted by atomic mass is 32.2. The summed E-state index contributed by atoms with van der Waals surface area (Å²) < 4.78 is 26.6. The third-order valence-electron chi connectivity index (χ3n) is 2.50. The van der Waals surface area contributed by atoms with Crippen LogP contribution in [0.5, 0.6) is 0 Å². The van der Waals surface area contributed by atoms with E-state index in [0.29, 0.717) is 5.56 Å². The molecule has 0 radical (unpaired) electrons. The number of nitrogens with zero attached hydrogens (tertiary/aromatic N) is 3. The van der Waals surface area contributed by atoms with Gasteiger partial charge in [0.25, 0.3) is 0 Å². The lowest BCUT2D eigenvalue weighted by Crippen LogP contribution is -2.27. The minimum atomic E-state index is -3.66. The van der Waals surface area contributed by atoms with Crippen molar-refractivity contribution in [1.29, 1.82) is 0 Å². The van der Waals surface area contributed by atoms with Gasteiger partial charge in [-0.1, -0.05) is 17.3 Å². The molecule has 0 amide bonds. The quantitative estimate of drug-likeness (QED) is 0.694. The molecule has 19 heavy (non-hydrogen) atoms. The normalized spacial score (nSPS) is 13.4. The first-order valence-electron chi connectivity index (χ1n) is 5.48. The summed E-state index contributed by atoms with van der Waals surface area (Å²) in [4.78, 5) is 0.111. The summed E-state index contributed by atoms with van der Waals surface area (Å²) in [5, 5.41) is 22.0. The fourth-order valence-electron chi connectivity index (χ4n) is 1.48. The molecular formula is C10H13N5O3S. The van der Waals surface area contributed by atoms with E-state index >= 15 is 0 Å². The number of aliphatic hydroxyl groups is 1. The summed E-state index contributed by atoms with van der Waals surface area (Å²) in [5.41, 5.74) is 0.644. The smallest absolute Gasteiger partial charge is 0.241 e. The predicted octanol–water partition coefficient (Wildman–Crippen LogP) is -0.269. The average molecular weight is 283 g/mol. The van der Waals surface area contributed by atoms with Gasteiger partial charge < -0.3 is 5.11 Å². The summed E-state index contributed by atoms with van der Waals surface area (Å²) in [5.74, 6) is 0.260. The molecule has 0 fully saturated rings. The van der Waals surface area contributed by atoms with Crippen LogP contribution in [0, 0.1) is 0 Å². The van der Waals surface area contributed by atoms with Crippen LogP contribution in [0.4, 0.5) is 0 Å². The van der Waals surface area contributed by atoms with Gasteiger partial charge in [0.1, 0.15) is 0 Å². The van der Waals surface area contributed by atoms with Crippen molar-refractivity contribution >= 4 is 10.0 Å². The molecule has 3 N–H and O–H groups in total. The molecule has 0 bridgehead atoms. The standard InChI is InChI=1S/C10H13N5O3S/c1-7(10-11-14-15-12-10)13-19(17,18)9-4-2-8(6-16)3-5-9/h2-5,7,13,16H,6H2,1H3,(H,11,12,14,15). The van der Waals surface area contributed by atoms with E-state index < -0.39 is 16.1 Å². The Morgan fingerprint density at radius 2 is 2.05 bits per heavy atom. The van der Waals surface area contributed by atoms with Crippen LogP contribution < -0.4 is 4.72 Å². The number of rotatable bonds is 5. The Kier molecular flexibility index (Phi) is 3.88. The Bertz CT molecular complexity index is 624. The van der Waals surface area contributed by atoms with Crippen molar-refractivity contribution in [3.8, 4) is 0 Å². The first kappa shape index (κ1) is 13.6. The molecule has 1 aromatic heterocycles. The van der Waals surface area contributed by atoms with Gasteiger partial charge in [-0.25, -0.2) is 13.1 Å². The zero-order valence-corrected chi connectivity index (χ0v) is 10.9. The van der Waals surface area contributed by atoms with Crippen LogP contribution in [-0.2, 0) is 16.6 Å². The average Bonchev–Trinajstić information content (AvgIpc) is 2.92. The molecule has 0 aliphatic rings. The second-order valence-electron chi connectivity index (χ2n) is 3.92. The largest absolute Gasteiger partial charge is 0.392 e. The van der Waals surface area contributed by atoms with E-state index in [0.717, 1.165) is 0 Å². The number of sulfonamides is 1. The number of hydrogen-bond donors (Lipinski definition) is 3. The Balaban J connectivity index is 2.17. The van der Waals surface area contributed by atoms with Gasteiger partial charge >= 0.3 is 0 Å². The summed E-state index contributed by atoms with van der Waals surface area (Å²) in [6.45, 7) is 1.48. The number of aromatic amines is 1. The molecule has 0 aliphatic heterocycles. The Hall–Kier alpha value is -1.84. The minimum absolute atomic E-state index is 0.111. The van der Waals surface area contributed by atoms with Crippen LogP contribution in [0.15, 0.2) is 29.2 Å². The number of tetrazole rings is 1. The number of benzene rings is 1. The van der Waals surface area contributed by atoms with E-state index in [1.54, 1.807) is 19.1 Å². The molecule has 2 aromatic rings. The van der Waals surface area contributed by atoms with Gasteiger partial charge in [0.05, 0.1) is 17.5 Å². The van der Waals surface area contributed by atoms with Crippen molar-refractivity contribution in [2.24, 2.45) is 0 Å². The molecule has 9 heteroatoms. The summed E-state index contributed by atoms with van der Waals surface area (Å²) in [6.07, 6.45) is 0. The third-order valence-corrected chi connectivity index (χ3v) is 4.05. The lowest BCUT2D eigenvalue weighted by molar-refractivity contribution is 0.282. The summed E-state index contributed by atoms with van der Waals surface area (Å²) >= 11 is 0. The maximum atomic E-state index is 12.1. The van der Waals surface area contributed by atoms with Crippen molar-refractivity contribution in [3.05, 3.63) is 35.7 Å². The fourth-order valence-corrected chi connectivity index (χ4v) is 2.68. The van der Waals surface area contributed by atoms with Crippen molar-refractivity contribution < 1.29 is 13.5 Å². The molecule has 1 atom stereocenters. The molecule has 0 aliphatic carbocycles. The van der Waals surface area contributed by atoms with E-state index in [2.05, 4.69) is 25.3 Å². The minimum Gasteiger partial charge on any atom is -0.392 e. The molecule has 8 nitrogen and oxygen atoms in total. The Labute approximate surface area is 109 Å². The number of hydrogen-bond acceptors (Lipinski definition) is 6. The van der Waals surface area contributed by atoms with Crippen LogP contribution in [0.2, 0.25) is 0 Å². The topological polar surface area (TPSA) is 121 Å². The van der Waals surface area contributed by atoms with E-state index in [-0.39, 0.29) is 17.3 Å². The van der Waals surface area contributed by atoms with Gasteiger partial charge in [-0.3, -0.25) is 0 Å². The van der Waals surface area contributed by atoms with Crippen molar-refractivity contribution in [1.82, 2.24) is 25.3 Å². The SMILES string of the molecule is CC(NS(=O)(=O)c1ccc(CO)cc1)c1nn[nH]n1. The van der Waals surface area contributed by atoms with Crippen LogP contribution in [-0.4, -0.2) is 34.1 Å². The maximum Gasteiger partial charge on any atom is 0.241 e. The maximum absolute atomic E-state index is 12.1. The molecule has 0 saturated carbocycles. The molecule has 102 valence electrons. The van der Waals surface area contributed by atoms with Gasteiger partial charge in [0.2, 0.25) is 10.0 Å². The number of H-pyrrole nitrogens is 1. The highest BCUT2D eigenvalue weighted by molar-refractivity contribution is 7.89. The highest BCUT2D eigenvalue weighted by Crippen LogP contribution is 2.14. The first-order valence-corrected chi connectivity index (χ1v) is 6.97. The molecular weight excluding hydrogens is 270 g/mol. The lowest BCUT2D eigenvalue weighted by atomic mass is 10.2. The summed E-state index contributed by atoms with van der Waals surface area (Å²) in [6, 6.07) is 5.36. The second kappa shape index (κ2) is 5.43. The van der Waals surface area contributed by atoms with E-state index in [4.69, 9.17) is 5.11 Å². The second-order valence-corrected chi connectivity index (χ2v) is 5.63. The van der Waals surface area contributed by atoms with Crippen LogP contribution in [0.1, 0.15) is 24.4 Å². The molecule has 1 unspecified atom stereocenters. The predicted molar refractivity (Wildman–Crippen MR) is 65.3 cm³/mol. The third kappa shape index (κ3) is 3.13. The monoisotopic (exact) mass is 283 g/mol. The molecule has 0 saturated heterocycles. The first-order chi connectivity index (χ1) is 9.03. The van der Waals surface area contributed by atoms with Gasteiger partial charge in [0.15, 0.2) is 5.82 Å². The van der Waals surface area contributed by atoms with E-state index in [1.807, 2.05) is 0 Å². The fraction of sp³-hybridized carbons (Fsp3) is 0.300. The zero-order chi connectivity index (χ0) is 13.9. The Morgan fingerprint density at radius 3 is 2.58 bits per heavy atom. The van der Waals surface area contributed by atoms with Crippen LogP contribution in [0.3, 0.4) is 0 Å². The van der Waals surface area contributed by atoms with Gasteiger partial charge in [0, 0.05) is 0 Å². The number of nitrogens with one attached hydrogen (secondary N) is 2. The van der Waals surface area contributed by atoms with Crippen molar-refractivity contribution in [3.63, 3.8) is 0 Å². The molecule has 0 spiro atoms. The van der Waals surface area contributed by atoms with Gasteiger partial charge in [-0.05, 0) is 24.6 Å². The van der Waals surface area contributed by atoms with Crippen LogP contribution >= 0.6 is 0 Å². The zero-order valence-electron chi connectivity index (χ0n) is 10.1. The van der Waals surface area contributed by atoms with Gasteiger partial charge in [-0.15, -0.1) is 10.2 Å². The van der Waals surface area contributed by atoms with Gasteiger partial charge in [-0.2, -0.15) is 5.21 Å². The molecule has 1 aromatic carbocycles. The van der Waals surface area contributed by atoms with Crippen LogP contribution in [0.25, 0.3) is 0 Å². The van der Waals surface area contributed by atoms with E-state index in [9.17, 15) is 8.42 Å². The van der Waals surface area contributed by atoms with E-state index in [1.165, 1.54) is 12.1 Å². The number of aromatic nitrogens is 4.